The molecule has 3 heteroatoms. The van der Waals surface area contributed by atoms with Crippen molar-refractivity contribution in [1.82, 2.24) is 0 Å². The fourth-order valence-corrected chi connectivity index (χ4v) is 2.68. The van der Waals surface area contributed by atoms with Crippen molar-refractivity contribution in [1.29, 1.82) is 0 Å². The molecule has 0 radical (unpaired) electrons. The maximum Gasteiger partial charge on any atom is 0.119 e. The standard InChI is InChI=1S/C16H16Cl2O/c1-10-7-14(15(17)8-11(10)2)16(18)12-5-4-6-13(9-12)19-3/h4-9,16H,1-3H3. The first-order valence-corrected chi connectivity index (χ1v) is 6.89. The Balaban J connectivity index is 2.43. The predicted molar refractivity (Wildman–Crippen MR) is 81.6 cm³/mol. The molecule has 2 rings (SSSR count). The van der Waals surface area contributed by atoms with Crippen LogP contribution in [-0.4, -0.2) is 7.11 Å². The minimum absolute atomic E-state index is 0.276. The Morgan fingerprint density at radius 1 is 1.05 bits per heavy atom. The zero-order valence-corrected chi connectivity index (χ0v) is 12.7. The maximum atomic E-state index is 6.55. The second-order valence-electron chi connectivity index (χ2n) is 4.60. The van der Waals surface area contributed by atoms with Gasteiger partial charge in [0.2, 0.25) is 0 Å². The molecular weight excluding hydrogens is 279 g/mol. The highest BCUT2D eigenvalue weighted by atomic mass is 35.5. The van der Waals surface area contributed by atoms with E-state index in [9.17, 15) is 0 Å². The molecule has 1 atom stereocenters. The maximum absolute atomic E-state index is 6.55. The van der Waals surface area contributed by atoms with Crippen molar-refractivity contribution in [2.24, 2.45) is 0 Å². The lowest BCUT2D eigenvalue weighted by Gasteiger charge is -2.15. The van der Waals surface area contributed by atoms with Gasteiger partial charge in [0.15, 0.2) is 0 Å². The Bertz CT molecular complexity index is 593. The van der Waals surface area contributed by atoms with E-state index in [4.69, 9.17) is 27.9 Å². The van der Waals surface area contributed by atoms with Gasteiger partial charge < -0.3 is 4.74 Å². The van der Waals surface area contributed by atoms with Gasteiger partial charge in [-0.2, -0.15) is 0 Å². The van der Waals surface area contributed by atoms with Crippen LogP contribution in [-0.2, 0) is 0 Å². The quantitative estimate of drug-likeness (QED) is 0.699. The fraction of sp³-hybridized carbons (Fsp3) is 0.250. The Morgan fingerprint density at radius 3 is 2.42 bits per heavy atom. The van der Waals surface area contributed by atoms with Crippen LogP contribution in [0.15, 0.2) is 36.4 Å². The molecule has 0 N–H and O–H groups in total. The van der Waals surface area contributed by atoms with Crippen LogP contribution < -0.4 is 4.74 Å². The van der Waals surface area contributed by atoms with Gasteiger partial charge in [-0.15, -0.1) is 11.6 Å². The number of aryl methyl sites for hydroxylation is 2. The van der Waals surface area contributed by atoms with Crippen molar-refractivity contribution in [3.63, 3.8) is 0 Å². The van der Waals surface area contributed by atoms with Gasteiger partial charge in [0.05, 0.1) is 12.5 Å². The average Bonchev–Trinajstić information content (AvgIpc) is 2.42. The largest absolute Gasteiger partial charge is 0.497 e. The summed E-state index contributed by atoms with van der Waals surface area (Å²) >= 11 is 12.9. The molecule has 0 fully saturated rings. The second kappa shape index (κ2) is 5.85. The van der Waals surface area contributed by atoms with E-state index in [1.807, 2.05) is 37.3 Å². The molecular formula is C16H16Cl2O. The Morgan fingerprint density at radius 2 is 1.74 bits per heavy atom. The molecule has 0 amide bonds. The summed E-state index contributed by atoms with van der Waals surface area (Å²) in [5, 5.41) is 0.424. The first-order chi connectivity index (χ1) is 9.02. The van der Waals surface area contributed by atoms with Crippen molar-refractivity contribution >= 4 is 23.2 Å². The van der Waals surface area contributed by atoms with Crippen LogP contribution in [0.2, 0.25) is 5.02 Å². The predicted octanol–water partition coefficient (Wildman–Crippen LogP) is 5.29. The molecule has 0 spiro atoms. The van der Waals surface area contributed by atoms with Crippen LogP contribution in [0.3, 0.4) is 0 Å². The van der Waals surface area contributed by atoms with Crippen LogP contribution in [0.4, 0.5) is 0 Å². The molecule has 0 heterocycles. The van der Waals surface area contributed by atoms with Crippen LogP contribution in [0, 0.1) is 13.8 Å². The first kappa shape index (κ1) is 14.2. The van der Waals surface area contributed by atoms with Gasteiger partial charge in [-0.25, -0.2) is 0 Å². The van der Waals surface area contributed by atoms with E-state index < -0.39 is 0 Å². The third-order valence-electron chi connectivity index (χ3n) is 3.27. The number of halogens is 2. The van der Waals surface area contributed by atoms with Crippen molar-refractivity contribution < 1.29 is 4.74 Å². The molecule has 2 aromatic rings. The van der Waals surface area contributed by atoms with Crippen molar-refractivity contribution in [2.45, 2.75) is 19.2 Å². The first-order valence-electron chi connectivity index (χ1n) is 6.07. The minimum Gasteiger partial charge on any atom is -0.497 e. The van der Waals surface area contributed by atoms with E-state index in [1.54, 1.807) is 7.11 Å². The van der Waals surface area contributed by atoms with Crippen LogP contribution in [0.1, 0.15) is 27.6 Å². The normalized spacial score (nSPS) is 12.3. The lowest BCUT2D eigenvalue weighted by molar-refractivity contribution is 0.414. The summed E-state index contributed by atoms with van der Waals surface area (Å²) in [7, 11) is 1.64. The number of methoxy groups -OCH3 is 1. The Hall–Kier alpha value is -1.18. The van der Waals surface area contributed by atoms with Gasteiger partial charge in [-0.3, -0.25) is 0 Å². The summed E-state index contributed by atoms with van der Waals surface area (Å²) in [4.78, 5) is 0. The van der Waals surface area contributed by atoms with Gasteiger partial charge in [0, 0.05) is 5.02 Å². The van der Waals surface area contributed by atoms with E-state index in [1.165, 1.54) is 11.1 Å². The zero-order chi connectivity index (χ0) is 14.0. The molecule has 0 aliphatic rings. The highest BCUT2D eigenvalue weighted by molar-refractivity contribution is 6.33. The summed E-state index contributed by atoms with van der Waals surface area (Å²) in [6, 6.07) is 11.7. The second-order valence-corrected chi connectivity index (χ2v) is 5.44. The number of rotatable bonds is 3. The monoisotopic (exact) mass is 294 g/mol. The van der Waals surface area contributed by atoms with E-state index >= 15 is 0 Å². The number of ether oxygens (including phenoxy) is 1. The topological polar surface area (TPSA) is 9.23 Å². The summed E-state index contributed by atoms with van der Waals surface area (Å²) < 4.78 is 5.22. The number of alkyl halides is 1. The summed E-state index contributed by atoms with van der Waals surface area (Å²) in [6.07, 6.45) is 0. The van der Waals surface area contributed by atoms with E-state index in [2.05, 4.69) is 13.0 Å². The molecule has 0 saturated carbocycles. The van der Waals surface area contributed by atoms with Crippen molar-refractivity contribution in [3.8, 4) is 5.75 Å². The third kappa shape index (κ3) is 3.05. The molecule has 1 nitrogen and oxygen atoms in total. The van der Waals surface area contributed by atoms with Crippen molar-refractivity contribution in [2.75, 3.05) is 7.11 Å². The molecule has 0 aliphatic heterocycles. The highest BCUT2D eigenvalue weighted by Crippen LogP contribution is 2.36. The van der Waals surface area contributed by atoms with Gasteiger partial charge >= 0.3 is 0 Å². The summed E-state index contributed by atoms with van der Waals surface area (Å²) in [6.45, 7) is 4.10. The fourth-order valence-electron chi connectivity index (χ4n) is 1.98. The molecule has 1 unspecified atom stereocenters. The molecule has 2 aromatic carbocycles. The van der Waals surface area contributed by atoms with Gasteiger partial charge in [0.1, 0.15) is 5.75 Å². The zero-order valence-electron chi connectivity index (χ0n) is 11.2. The molecule has 0 bridgehead atoms. The Kier molecular flexibility index (Phi) is 4.38. The van der Waals surface area contributed by atoms with Crippen LogP contribution in [0.25, 0.3) is 0 Å². The van der Waals surface area contributed by atoms with E-state index in [-0.39, 0.29) is 5.38 Å². The Labute approximate surface area is 124 Å². The van der Waals surface area contributed by atoms with E-state index in [0.717, 1.165) is 16.9 Å². The van der Waals surface area contributed by atoms with Crippen molar-refractivity contribution in [3.05, 3.63) is 63.7 Å². The van der Waals surface area contributed by atoms with Crippen LogP contribution >= 0.6 is 23.2 Å². The lowest BCUT2D eigenvalue weighted by atomic mass is 10.00. The molecule has 0 saturated heterocycles. The molecule has 0 aromatic heterocycles. The minimum atomic E-state index is -0.276. The highest BCUT2D eigenvalue weighted by Gasteiger charge is 2.16. The number of hydrogen-bond donors (Lipinski definition) is 0. The van der Waals surface area contributed by atoms with Gasteiger partial charge in [-0.05, 0) is 54.3 Å². The smallest absolute Gasteiger partial charge is 0.119 e. The van der Waals surface area contributed by atoms with Gasteiger partial charge in [0.25, 0.3) is 0 Å². The average molecular weight is 295 g/mol. The molecule has 0 aliphatic carbocycles. The molecule has 100 valence electrons. The van der Waals surface area contributed by atoms with Crippen LogP contribution in [0.5, 0.6) is 5.75 Å². The SMILES string of the molecule is COc1cccc(C(Cl)c2cc(C)c(C)cc2Cl)c1. The third-order valence-corrected chi connectivity index (χ3v) is 4.09. The lowest BCUT2D eigenvalue weighted by Crippen LogP contribution is -1.97. The number of benzene rings is 2. The summed E-state index contributed by atoms with van der Waals surface area (Å²) in [5.41, 5.74) is 4.27. The number of hydrogen-bond acceptors (Lipinski definition) is 1. The van der Waals surface area contributed by atoms with Gasteiger partial charge in [-0.1, -0.05) is 29.8 Å². The van der Waals surface area contributed by atoms with E-state index in [0.29, 0.717) is 5.02 Å². The summed E-state index contributed by atoms with van der Waals surface area (Å²) in [5.74, 6) is 0.795. The molecule has 19 heavy (non-hydrogen) atoms.